The molecule has 0 amide bonds. The van der Waals surface area contributed by atoms with Crippen molar-refractivity contribution in [1.82, 2.24) is 0 Å². The van der Waals surface area contributed by atoms with Gasteiger partial charge < -0.3 is 10.6 Å². The summed E-state index contributed by atoms with van der Waals surface area (Å²) in [7, 11) is 0. The molecular weight excluding hydrogens is 244 g/mol. The van der Waals surface area contributed by atoms with Crippen molar-refractivity contribution in [3.63, 3.8) is 0 Å². The molecule has 2 N–H and O–H groups in total. The molecular formula is C14H24N2OS. The standard InChI is InChI=1S/C14H24N2OS/c1-5-15-11-10(12(17)13(11)18)16-9-7-6-8-14(2,3)4/h15-16H,5-9H2,1-4H3. The number of unbranched alkanes of at least 4 members (excludes halogenated alkanes) is 1. The molecule has 0 aliphatic carbocycles. The first-order chi connectivity index (χ1) is 8.37. The molecule has 0 bridgehead atoms. The highest BCUT2D eigenvalue weighted by Gasteiger charge is 2.16. The van der Waals surface area contributed by atoms with Crippen molar-refractivity contribution in [2.75, 3.05) is 23.7 Å². The molecule has 0 fully saturated rings. The Kier molecular flexibility index (Phi) is 5.32. The lowest BCUT2D eigenvalue weighted by Crippen LogP contribution is -2.22. The predicted octanol–water partition coefficient (Wildman–Crippen LogP) is 3.71. The van der Waals surface area contributed by atoms with Crippen LogP contribution >= 0.6 is 12.2 Å². The molecule has 0 aromatic heterocycles. The van der Waals surface area contributed by atoms with Crippen LogP contribution in [0.3, 0.4) is 0 Å². The molecule has 0 atom stereocenters. The van der Waals surface area contributed by atoms with Crippen LogP contribution in [0.25, 0.3) is 0 Å². The molecule has 0 saturated heterocycles. The van der Waals surface area contributed by atoms with E-state index in [9.17, 15) is 4.79 Å². The first-order valence-electron chi connectivity index (χ1n) is 6.68. The topological polar surface area (TPSA) is 41.1 Å². The summed E-state index contributed by atoms with van der Waals surface area (Å²) in [6.45, 7) is 10.4. The van der Waals surface area contributed by atoms with Gasteiger partial charge in [0.05, 0.1) is 5.69 Å². The maximum absolute atomic E-state index is 11.6. The Hall–Kier alpha value is -0.900. The van der Waals surface area contributed by atoms with Crippen LogP contribution in [0.15, 0.2) is 4.79 Å². The van der Waals surface area contributed by atoms with Crippen molar-refractivity contribution >= 4 is 23.6 Å². The SMILES string of the molecule is CCNc1c(NCCCCC(C)(C)C)c(=O)c1=S. The third-order valence-electron chi connectivity index (χ3n) is 2.92. The van der Waals surface area contributed by atoms with E-state index in [4.69, 9.17) is 12.2 Å². The summed E-state index contributed by atoms with van der Waals surface area (Å²) in [4.78, 5) is 11.6. The number of hydrogen-bond acceptors (Lipinski definition) is 4. The van der Waals surface area contributed by atoms with Gasteiger partial charge in [-0.15, -0.1) is 0 Å². The van der Waals surface area contributed by atoms with Crippen LogP contribution in [0.1, 0.15) is 47.0 Å². The van der Waals surface area contributed by atoms with Gasteiger partial charge in [-0.2, -0.15) is 0 Å². The molecule has 0 radical (unpaired) electrons. The van der Waals surface area contributed by atoms with Gasteiger partial charge in [-0.3, -0.25) is 4.79 Å². The maximum atomic E-state index is 11.6. The van der Waals surface area contributed by atoms with E-state index >= 15 is 0 Å². The number of hydrogen-bond donors (Lipinski definition) is 2. The highest BCUT2D eigenvalue weighted by molar-refractivity contribution is 7.71. The minimum Gasteiger partial charge on any atom is -0.382 e. The predicted molar refractivity (Wildman–Crippen MR) is 81.9 cm³/mol. The van der Waals surface area contributed by atoms with Crippen molar-refractivity contribution in [3.8, 4) is 0 Å². The Labute approximate surface area is 115 Å². The van der Waals surface area contributed by atoms with E-state index in [1.165, 1.54) is 12.8 Å². The van der Waals surface area contributed by atoms with Gasteiger partial charge in [-0.25, -0.2) is 0 Å². The molecule has 0 aliphatic rings. The second kappa shape index (κ2) is 6.32. The quantitative estimate of drug-likeness (QED) is 0.584. The zero-order valence-electron chi connectivity index (χ0n) is 11.9. The molecule has 1 rings (SSSR count). The van der Waals surface area contributed by atoms with E-state index in [1.807, 2.05) is 6.92 Å². The largest absolute Gasteiger partial charge is 0.382 e. The Morgan fingerprint density at radius 1 is 1.11 bits per heavy atom. The minimum atomic E-state index is -0.0169. The van der Waals surface area contributed by atoms with E-state index in [0.29, 0.717) is 15.6 Å². The fourth-order valence-corrected chi connectivity index (χ4v) is 2.18. The lowest BCUT2D eigenvalue weighted by atomic mass is 9.90. The summed E-state index contributed by atoms with van der Waals surface area (Å²) in [6.07, 6.45) is 3.47. The summed E-state index contributed by atoms with van der Waals surface area (Å²) in [5.74, 6) is 0. The number of rotatable bonds is 7. The molecule has 0 spiro atoms. The van der Waals surface area contributed by atoms with Gasteiger partial charge in [0, 0.05) is 13.1 Å². The average molecular weight is 268 g/mol. The van der Waals surface area contributed by atoms with Crippen molar-refractivity contribution in [2.24, 2.45) is 5.41 Å². The van der Waals surface area contributed by atoms with Gasteiger partial charge >= 0.3 is 0 Å². The molecule has 3 nitrogen and oxygen atoms in total. The molecule has 0 unspecified atom stereocenters. The van der Waals surface area contributed by atoms with Gasteiger partial charge in [0.1, 0.15) is 10.2 Å². The molecule has 102 valence electrons. The first kappa shape index (κ1) is 15.2. The van der Waals surface area contributed by atoms with E-state index < -0.39 is 0 Å². The smallest absolute Gasteiger partial charge is 0.223 e. The summed E-state index contributed by atoms with van der Waals surface area (Å²) in [6, 6.07) is 0. The van der Waals surface area contributed by atoms with Crippen LogP contribution in [-0.2, 0) is 0 Å². The Morgan fingerprint density at radius 3 is 2.33 bits per heavy atom. The van der Waals surface area contributed by atoms with Crippen LogP contribution in [-0.4, -0.2) is 13.1 Å². The summed E-state index contributed by atoms with van der Waals surface area (Å²) in [5, 5.41) is 6.33. The highest BCUT2D eigenvalue weighted by Crippen LogP contribution is 2.24. The van der Waals surface area contributed by atoms with Gasteiger partial charge in [0.25, 0.3) is 0 Å². The lowest BCUT2D eigenvalue weighted by molar-refractivity contribution is 0.362. The van der Waals surface area contributed by atoms with E-state index in [2.05, 4.69) is 31.4 Å². The van der Waals surface area contributed by atoms with Gasteiger partial charge in [-0.05, 0) is 25.2 Å². The second-order valence-corrected chi connectivity index (χ2v) is 6.29. The van der Waals surface area contributed by atoms with Crippen molar-refractivity contribution in [1.29, 1.82) is 0 Å². The Balaban J connectivity index is 2.34. The molecule has 1 aromatic rings. The Bertz CT molecular complexity index is 453. The minimum absolute atomic E-state index is 0.0169. The Morgan fingerprint density at radius 2 is 1.78 bits per heavy atom. The molecule has 0 heterocycles. The lowest BCUT2D eigenvalue weighted by Gasteiger charge is -2.18. The van der Waals surface area contributed by atoms with E-state index in [1.54, 1.807) is 0 Å². The summed E-state index contributed by atoms with van der Waals surface area (Å²) < 4.78 is 0.439. The normalized spacial score (nSPS) is 11.8. The third-order valence-corrected chi connectivity index (χ3v) is 3.31. The summed E-state index contributed by atoms with van der Waals surface area (Å²) in [5.41, 5.74) is 1.88. The average Bonchev–Trinajstić information content (AvgIpc) is 2.29. The van der Waals surface area contributed by atoms with Crippen molar-refractivity contribution < 1.29 is 0 Å². The molecule has 0 saturated carbocycles. The fraction of sp³-hybridized carbons (Fsp3) is 0.714. The van der Waals surface area contributed by atoms with Gasteiger partial charge in [0.15, 0.2) is 0 Å². The highest BCUT2D eigenvalue weighted by atomic mass is 32.1. The van der Waals surface area contributed by atoms with Crippen molar-refractivity contribution in [3.05, 3.63) is 14.7 Å². The first-order valence-corrected chi connectivity index (χ1v) is 7.08. The van der Waals surface area contributed by atoms with Crippen molar-refractivity contribution in [2.45, 2.75) is 47.0 Å². The number of anilines is 2. The fourth-order valence-electron chi connectivity index (χ4n) is 1.90. The molecule has 1 aromatic carbocycles. The van der Waals surface area contributed by atoms with Crippen LogP contribution < -0.4 is 16.1 Å². The zero-order valence-corrected chi connectivity index (χ0v) is 12.7. The molecule has 0 aliphatic heterocycles. The van der Waals surface area contributed by atoms with Crippen LogP contribution in [0.2, 0.25) is 0 Å². The monoisotopic (exact) mass is 268 g/mol. The third kappa shape index (κ3) is 4.09. The van der Waals surface area contributed by atoms with Crippen LogP contribution in [0, 0.1) is 9.93 Å². The van der Waals surface area contributed by atoms with Gasteiger partial charge in [-0.1, -0.05) is 39.4 Å². The van der Waals surface area contributed by atoms with Crippen LogP contribution in [0.4, 0.5) is 11.4 Å². The van der Waals surface area contributed by atoms with E-state index in [0.717, 1.165) is 25.2 Å². The zero-order chi connectivity index (χ0) is 13.8. The number of nitrogens with one attached hydrogen (secondary N) is 2. The van der Waals surface area contributed by atoms with Crippen LogP contribution in [0.5, 0.6) is 0 Å². The van der Waals surface area contributed by atoms with Gasteiger partial charge in [0.2, 0.25) is 5.43 Å². The molecule has 18 heavy (non-hydrogen) atoms. The summed E-state index contributed by atoms with van der Waals surface area (Å²) >= 11 is 5.01. The van der Waals surface area contributed by atoms with E-state index in [-0.39, 0.29) is 5.43 Å². The maximum Gasteiger partial charge on any atom is 0.223 e. The second-order valence-electron chi connectivity index (χ2n) is 5.88. The molecule has 4 heteroatoms.